The van der Waals surface area contributed by atoms with Crippen LogP contribution < -0.4 is 22.1 Å². The zero-order valence-corrected chi connectivity index (χ0v) is 20.4. The smallest absolute Gasteiger partial charge is 0.303 e. The van der Waals surface area contributed by atoms with Crippen LogP contribution in [-0.2, 0) is 28.7 Å². The van der Waals surface area contributed by atoms with Crippen LogP contribution in [0.2, 0.25) is 0 Å². The van der Waals surface area contributed by atoms with Gasteiger partial charge in [-0.05, 0) is 18.6 Å². The lowest BCUT2D eigenvalue weighted by Gasteiger charge is -2.34. The molecule has 0 aromatic heterocycles. The summed E-state index contributed by atoms with van der Waals surface area (Å²) < 4.78 is 5.50. The maximum absolute atomic E-state index is 12.7. The summed E-state index contributed by atoms with van der Waals surface area (Å²) in [5.74, 6) is -6.87. The number of primary amides is 2. The van der Waals surface area contributed by atoms with Gasteiger partial charge in [-0.25, -0.2) is 0 Å². The number of aldehydes is 1. The van der Waals surface area contributed by atoms with Gasteiger partial charge in [-0.15, -0.1) is 0 Å². The van der Waals surface area contributed by atoms with Crippen LogP contribution in [-0.4, -0.2) is 99.4 Å². The van der Waals surface area contributed by atoms with Crippen LogP contribution in [0.5, 0.6) is 0 Å². The molecule has 10 N–H and O–H groups in total. The zero-order valence-electron chi connectivity index (χ0n) is 20.4. The maximum atomic E-state index is 12.7. The molecule has 38 heavy (non-hydrogen) atoms. The fraction of sp³-hybridized carbons (Fsp3) is 0.478. The molecule has 1 aromatic carbocycles. The van der Waals surface area contributed by atoms with Gasteiger partial charge in [0.2, 0.25) is 17.7 Å². The van der Waals surface area contributed by atoms with E-state index in [0.29, 0.717) is 0 Å². The first kappa shape index (κ1) is 32.1. The Hall–Kier alpha value is -3.92. The molecule has 15 nitrogen and oxygen atoms in total. The van der Waals surface area contributed by atoms with Crippen molar-refractivity contribution < 1.29 is 53.9 Å². The third-order valence-electron chi connectivity index (χ3n) is 5.51. The van der Waals surface area contributed by atoms with Crippen LogP contribution in [0, 0.1) is 5.92 Å². The molecule has 0 bridgehead atoms. The number of carbonyl (C=O) groups is 6. The lowest BCUT2D eigenvalue weighted by atomic mass is 9.98. The molecule has 0 aliphatic carbocycles. The predicted octanol–water partition coefficient (Wildman–Crippen LogP) is -3.59. The van der Waals surface area contributed by atoms with Gasteiger partial charge in [0.15, 0.2) is 0 Å². The van der Waals surface area contributed by atoms with Gasteiger partial charge in [0.05, 0.1) is 12.5 Å². The normalized spacial score (nSPS) is 16.5. The molecule has 7 atom stereocenters. The number of aliphatic hydroxyl groups is 3. The van der Waals surface area contributed by atoms with E-state index >= 15 is 0 Å². The minimum Gasteiger partial charge on any atom is -0.481 e. The molecule has 0 aliphatic heterocycles. The minimum absolute atomic E-state index is 0.119. The Bertz CT molecular complexity index is 991. The highest BCUT2D eigenvalue weighted by molar-refractivity contribution is 5.95. The Morgan fingerprint density at radius 2 is 1.63 bits per heavy atom. The van der Waals surface area contributed by atoms with Gasteiger partial charge < -0.3 is 52.1 Å². The molecule has 0 radical (unpaired) electrons. The lowest BCUT2D eigenvalue weighted by Crippen LogP contribution is -2.58. The SMILES string of the molecule is CC(C(=O)NC(CCC(=O)O)C(N)=O)C(O[C@@H]([C@H](O)[C@H](O)CO)[C@H](C=O)NC(=O)c1ccccc1)C(N)=O. The van der Waals surface area contributed by atoms with Crippen molar-refractivity contribution in [2.45, 2.75) is 56.3 Å². The third-order valence-corrected chi connectivity index (χ3v) is 5.51. The van der Waals surface area contributed by atoms with Crippen molar-refractivity contribution >= 4 is 35.9 Å². The van der Waals surface area contributed by atoms with Gasteiger partial charge in [-0.1, -0.05) is 25.1 Å². The van der Waals surface area contributed by atoms with E-state index in [9.17, 15) is 44.1 Å². The second kappa shape index (κ2) is 15.4. The Balaban J connectivity index is 3.22. The molecule has 0 fully saturated rings. The fourth-order valence-electron chi connectivity index (χ4n) is 3.32. The standard InChI is InChI=1S/C23H32N4O11/c1-11(22(36)26-13(20(24)34)7-8-16(31)32)18(21(25)35)38-19(17(33)15(30)10-29)14(9-28)27-23(37)12-5-3-2-4-6-12/h2-6,9,11,13-15,17-19,29-30,33H,7-8,10H2,1H3,(H2,24,34)(H2,25,35)(H,26,36)(H,27,37)(H,31,32)/t11?,13?,14-,15+,17+,18?,19+/m0/s1. The van der Waals surface area contributed by atoms with Crippen LogP contribution in [0.15, 0.2) is 30.3 Å². The first-order chi connectivity index (χ1) is 17.8. The van der Waals surface area contributed by atoms with Crippen molar-refractivity contribution in [1.82, 2.24) is 10.6 Å². The van der Waals surface area contributed by atoms with E-state index in [-0.39, 0.29) is 18.3 Å². The highest BCUT2D eigenvalue weighted by Crippen LogP contribution is 2.18. The highest BCUT2D eigenvalue weighted by atomic mass is 16.5. The number of hydrogen-bond donors (Lipinski definition) is 8. The van der Waals surface area contributed by atoms with Crippen LogP contribution >= 0.6 is 0 Å². The van der Waals surface area contributed by atoms with Crippen LogP contribution in [0.1, 0.15) is 30.1 Å². The molecule has 210 valence electrons. The number of hydrogen-bond acceptors (Lipinski definition) is 10. The van der Waals surface area contributed by atoms with Crippen molar-refractivity contribution in [1.29, 1.82) is 0 Å². The second-order valence-corrected chi connectivity index (χ2v) is 8.35. The molecular formula is C23H32N4O11. The van der Waals surface area contributed by atoms with Gasteiger partial charge in [-0.2, -0.15) is 0 Å². The van der Waals surface area contributed by atoms with E-state index in [2.05, 4.69) is 10.6 Å². The van der Waals surface area contributed by atoms with E-state index < -0.39 is 85.0 Å². The molecule has 0 aliphatic rings. The zero-order chi connectivity index (χ0) is 29.0. The largest absolute Gasteiger partial charge is 0.481 e. The average Bonchev–Trinajstić information content (AvgIpc) is 2.88. The fourth-order valence-corrected chi connectivity index (χ4v) is 3.32. The van der Waals surface area contributed by atoms with E-state index in [4.69, 9.17) is 21.3 Å². The van der Waals surface area contributed by atoms with Crippen molar-refractivity contribution in [2.24, 2.45) is 17.4 Å². The number of ether oxygens (including phenoxy) is 1. The summed E-state index contributed by atoms with van der Waals surface area (Å²) in [5.41, 5.74) is 10.7. The van der Waals surface area contributed by atoms with Crippen LogP contribution in [0.4, 0.5) is 0 Å². The third kappa shape index (κ3) is 9.51. The summed E-state index contributed by atoms with van der Waals surface area (Å²) in [6.07, 6.45) is -8.46. The number of aliphatic hydroxyl groups excluding tert-OH is 3. The molecular weight excluding hydrogens is 508 g/mol. The Labute approximate surface area is 217 Å². The number of nitrogens with one attached hydrogen (secondary N) is 2. The number of carboxylic acids is 1. The van der Waals surface area contributed by atoms with Crippen molar-refractivity contribution in [3.05, 3.63) is 35.9 Å². The summed E-state index contributed by atoms with van der Waals surface area (Å²) in [4.78, 5) is 71.8. The Morgan fingerprint density at radius 1 is 1.03 bits per heavy atom. The number of aliphatic carboxylic acids is 1. The van der Waals surface area contributed by atoms with Crippen molar-refractivity contribution in [3.63, 3.8) is 0 Å². The van der Waals surface area contributed by atoms with Gasteiger partial charge in [0.25, 0.3) is 5.91 Å². The topological polar surface area (TPSA) is 269 Å². The van der Waals surface area contributed by atoms with Crippen LogP contribution in [0.25, 0.3) is 0 Å². The molecule has 0 saturated heterocycles. The average molecular weight is 541 g/mol. The number of amides is 4. The number of rotatable bonds is 17. The second-order valence-electron chi connectivity index (χ2n) is 8.35. The van der Waals surface area contributed by atoms with Crippen molar-refractivity contribution in [3.8, 4) is 0 Å². The summed E-state index contributed by atoms with van der Waals surface area (Å²) in [6, 6.07) is 4.44. The monoisotopic (exact) mass is 540 g/mol. The predicted molar refractivity (Wildman–Crippen MR) is 128 cm³/mol. The number of benzene rings is 1. The van der Waals surface area contributed by atoms with Crippen LogP contribution in [0.3, 0.4) is 0 Å². The minimum atomic E-state index is -2.06. The summed E-state index contributed by atoms with van der Waals surface area (Å²) in [5, 5.41) is 43.0. The van der Waals surface area contributed by atoms with E-state index in [1.807, 2.05) is 0 Å². The molecule has 0 spiro atoms. The van der Waals surface area contributed by atoms with Gasteiger partial charge >= 0.3 is 5.97 Å². The highest BCUT2D eigenvalue weighted by Gasteiger charge is 2.41. The molecule has 3 unspecified atom stereocenters. The maximum Gasteiger partial charge on any atom is 0.303 e. The Kier molecular flexibility index (Phi) is 13.0. The summed E-state index contributed by atoms with van der Waals surface area (Å²) in [7, 11) is 0. The molecule has 1 aromatic rings. The van der Waals surface area contributed by atoms with E-state index in [0.717, 1.165) is 6.92 Å². The van der Waals surface area contributed by atoms with Gasteiger partial charge in [0, 0.05) is 12.0 Å². The first-order valence-corrected chi connectivity index (χ1v) is 11.4. The number of carboxylic acid groups (broad SMARTS) is 1. The van der Waals surface area contributed by atoms with E-state index in [1.165, 1.54) is 12.1 Å². The van der Waals surface area contributed by atoms with Crippen molar-refractivity contribution in [2.75, 3.05) is 6.61 Å². The Morgan fingerprint density at radius 3 is 2.11 bits per heavy atom. The molecule has 0 saturated carbocycles. The quantitative estimate of drug-likeness (QED) is 0.0894. The van der Waals surface area contributed by atoms with Gasteiger partial charge in [0.1, 0.15) is 42.8 Å². The summed E-state index contributed by atoms with van der Waals surface area (Å²) in [6.45, 7) is 0.144. The number of carbonyl (C=O) groups excluding carboxylic acids is 5. The summed E-state index contributed by atoms with van der Waals surface area (Å²) >= 11 is 0. The first-order valence-electron chi connectivity index (χ1n) is 11.4. The molecule has 15 heteroatoms. The molecule has 1 rings (SSSR count). The number of nitrogens with two attached hydrogens (primary N) is 2. The molecule has 0 heterocycles. The lowest BCUT2D eigenvalue weighted by molar-refractivity contribution is -0.165. The van der Waals surface area contributed by atoms with Gasteiger partial charge in [-0.3, -0.25) is 24.0 Å². The molecule has 4 amide bonds. The van der Waals surface area contributed by atoms with E-state index in [1.54, 1.807) is 18.2 Å².